The second-order valence-corrected chi connectivity index (χ2v) is 5.15. The van der Waals surface area contributed by atoms with E-state index in [9.17, 15) is 0 Å². The molecule has 2 rings (SSSR count). The molecule has 1 aliphatic rings. The average Bonchev–Trinajstić information content (AvgIpc) is 3.08. The Labute approximate surface area is 104 Å². The van der Waals surface area contributed by atoms with Crippen LogP contribution < -0.4 is 10.1 Å². The van der Waals surface area contributed by atoms with Crippen LogP contribution in [0.15, 0.2) is 24.3 Å². The zero-order valence-corrected chi connectivity index (χ0v) is 10.9. The molecule has 0 radical (unpaired) electrons. The molecular weight excluding hydrogens is 210 g/mol. The third kappa shape index (κ3) is 4.78. The van der Waals surface area contributed by atoms with Gasteiger partial charge in [0.15, 0.2) is 0 Å². The fourth-order valence-electron chi connectivity index (χ4n) is 1.93. The molecule has 17 heavy (non-hydrogen) atoms. The van der Waals surface area contributed by atoms with Crippen molar-refractivity contribution in [3.63, 3.8) is 0 Å². The Hall–Kier alpha value is -1.02. The Morgan fingerprint density at radius 1 is 1.35 bits per heavy atom. The monoisotopic (exact) mass is 233 g/mol. The van der Waals surface area contributed by atoms with Gasteiger partial charge in [-0.1, -0.05) is 12.1 Å². The summed E-state index contributed by atoms with van der Waals surface area (Å²) in [6, 6.07) is 9.29. The minimum atomic E-state index is 0.252. The minimum Gasteiger partial charge on any atom is -0.491 e. The van der Waals surface area contributed by atoms with Crippen LogP contribution in [0, 0.1) is 0 Å². The summed E-state index contributed by atoms with van der Waals surface area (Å²) >= 11 is 0. The van der Waals surface area contributed by atoms with Gasteiger partial charge < -0.3 is 10.1 Å². The van der Waals surface area contributed by atoms with Crippen LogP contribution in [-0.2, 0) is 6.42 Å². The van der Waals surface area contributed by atoms with Crippen molar-refractivity contribution in [3.8, 4) is 5.75 Å². The summed E-state index contributed by atoms with van der Waals surface area (Å²) in [4.78, 5) is 0. The molecule has 0 aromatic heterocycles. The molecule has 0 bridgehead atoms. The highest BCUT2D eigenvalue weighted by molar-refractivity contribution is 5.28. The second-order valence-electron chi connectivity index (χ2n) is 5.15. The molecule has 1 aliphatic carbocycles. The maximum Gasteiger partial charge on any atom is 0.119 e. The number of aryl methyl sites for hydroxylation is 1. The molecule has 0 aliphatic heterocycles. The van der Waals surface area contributed by atoms with Gasteiger partial charge in [-0.15, -0.1) is 0 Å². The first-order valence-electron chi connectivity index (χ1n) is 6.73. The van der Waals surface area contributed by atoms with Crippen LogP contribution in [0.2, 0.25) is 0 Å². The number of benzene rings is 1. The number of ether oxygens (including phenoxy) is 1. The van der Waals surface area contributed by atoms with E-state index in [2.05, 4.69) is 37.4 Å². The van der Waals surface area contributed by atoms with Gasteiger partial charge in [0.1, 0.15) is 5.75 Å². The lowest BCUT2D eigenvalue weighted by Crippen LogP contribution is -2.17. The Morgan fingerprint density at radius 2 is 2.18 bits per heavy atom. The normalized spacial score (nSPS) is 15.2. The first kappa shape index (κ1) is 12.4. The predicted molar refractivity (Wildman–Crippen MR) is 71.6 cm³/mol. The standard InChI is InChI=1S/C15H23NO/c1-12(2)17-15-7-3-5-13(11-15)6-4-10-16-14-8-9-14/h3,5,7,11-12,14,16H,4,6,8-10H2,1-2H3. The van der Waals surface area contributed by atoms with Crippen LogP contribution in [-0.4, -0.2) is 18.7 Å². The molecule has 2 heteroatoms. The molecule has 1 aromatic rings. The summed E-state index contributed by atoms with van der Waals surface area (Å²) < 4.78 is 5.69. The number of rotatable bonds is 7. The Morgan fingerprint density at radius 3 is 2.88 bits per heavy atom. The molecule has 1 aromatic carbocycles. The molecule has 0 atom stereocenters. The van der Waals surface area contributed by atoms with E-state index in [4.69, 9.17) is 4.74 Å². The van der Waals surface area contributed by atoms with Crippen molar-refractivity contribution in [2.45, 2.75) is 51.7 Å². The maximum atomic E-state index is 5.69. The molecule has 0 spiro atoms. The van der Waals surface area contributed by atoms with Gasteiger partial charge in [0.25, 0.3) is 0 Å². The van der Waals surface area contributed by atoms with Crippen molar-refractivity contribution in [3.05, 3.63) is 29.8 Å². The lowest BCUT2D eigenvalue weighted by atomic mass is 10.1. The largest absolute Gasteiger partial charge is 0.491 e. The van der Waals surface area contributed by atoms with Crippen LogP contribution in [0.3, 0.4) is 0 Å². The molecule has 0 saturated heterocycles. The van der Waals surface area contributed by atoms with Crippen molar-refractivity contribution in [1.82, 2.24) is 5.32 Å². The second kappa shape index (κ2) is 6.06. The third-order valence-corrected chi connectivity index (χ3v) is 2.92. The lowest BCUT2D eigenvalue weighted by Gasteiger charge is -2.11. The Balaban J connectivity index is 1.74. The molecular formula is C15H23NO. The van der Waals surface area contributed by atoms with Crippen LogP contribution in [0.1, 0.15) is 38.7 Å². The van der Waals surface area contributed by atoms with Crippen molar-refractivity contribution < 1.29 is 4.74 Å². The highest BCUT2D eigenvalue weighted by atomic mass is 16.5. The first-order valence-corrected chi connectivity index (χ1v) is 6.73. The summed E-state index contributed by atoms with van der Waals surface area (Å²) in [5.41, 5.74) is 1.38. The van der Waals surface area contributed by atoms with Crippen LogP contribution in [0.4, 0.5) is 0 Å². The number of hydrogen-bond acceptors (Lipinski definition) is 2. The first-order chi connectivity index (χ1) is 8.24. The molecule has 1 saturated carbocycles. The predicted octanol–water partition coefficient (Wildman–Crippen LogP) is 3.16. The van der Waals surface area contributed by atoms with Crippen molar-refractivity contribution in [2.75, 3.05) is 6.54 Å². The van der Waals surface area contributed by atoms with Crippen molar-refractivity contribution in [2.24, 2.45) is 0 Å². The van der Waals surface area contributed by atoms with E-state index < -0.39 is 0 Å². The van der Waals surface area contributed by atoms with E-state index in [0.717, 1.165) is 24.8 Å². The van der Waals surface area contributed by atoms with Crippen LogP contribution >= 0.6 is 0 Å². The summed E-state index contributed by atoms with van der Waals surface area (Å²) in [5.74, 6) is 0.993. The number of hydrogen-bond donors (Lipinski definition) is 1. The van der Waals surface area contributed by atoms with Crippen molar-refractivity contribution >= 4 is 0 Å². The van der Waals surface area contributed by atoms with E-state index in [1.165, 1.54) is 24.8 Å². The van der Waals surface area contributed by atoms with Gasteiger partial charge in [0, 0.05) is 6.04 Å². The fraction of sp³-hybridized carbons (Fsp3) is 0.600. The van der Waals surface area contributed by atoms with Gasteiger partial charge >= 0.3 is 0 Å². The Kier molecular flexibility index (Phi) is 4.43. The smallest absolute Gasteiger partial charge is 0.119 e. The SMILES string of the molecule is CC(C)Oc1cccc(CCCNC2CC2)c1. The van der Waals surface area contributed by atoms with Crippen molar-refractivity contribution in [1.29, 1.82) is 0 Å². The summed E-state index contributed by atoms with van der Waals surface area (Å²) in [6.45, 7) is 5.26. The molecule has 0 unspecified atom stereocenters. The van der Waals surface area contributed by atoms with Gasteiger partial charge in [-0.2, -0.15) is 0 Å². The van der Waals surface area contributed by atoms with E-state index in [1.54, 1.807) is 0 Å². The number of nitrogens with one attached hydrogen (secondary N) is 1. The van der Waals surface area contributed by atoms with Crippen LogP contribution in [0.5, 0.6) is 5.75 Å². The van der Waals surface area contributed by atoms with Gasteiger partial charge in [-0.25, -0.2) is 0 Å². The van der Waals surface area contributed by atoms with Gasteiger partial charge in [-0.3, -0.25) is 0 Å². The van der Waals surface area contributed by atoms with E-state index >= 15 is 0 Å². The Bertz CT molecular complexity index is 345. The summed E-state index contributed by atoms with van der Waals surface area (Å²) in [5, 5.41) is 3.54. The molecule has 2 nitrogen and oxygen atoms in total. The molecule has 0 amide bonds. The van der Waals surface area contributed by atoms with Crippen LogP contribution in [0.25, 0.3) is 0 Å². The molecule has 94 valence electrons. The summed E-state index contributed by atoms with van der Waals surface area (Å²) in [7, 11) is 0. The van der Waals surface area contributed by atoms with E-state index in [0.29, 0.717) is 0 Å². The molecule has 0 heterocycles. The lowest BCUT2D eigenvalue weighted by molar-refractivity contribution is 0.242. The van der Waals surface area contributed by atoms with Gasteiger partial charge in [0.2, 0.25) is 0 Å². The minimum absolute atomic E-state index is 0.252. The van der Waals surface area contributed by atoms with Gasteiger partial charge in [-0.05, 0) is 63.8 Å². The van der Waals surface area contributed by atoms with E-state index in [1.807, 2.05) is 6.07 Å². The zero-order chi connectivity index (χ0) is 12.1. The maximum absolute atomic E-state index is 5.69. The molecule has 1 fully saturated rings. The highest BCUT2D eigenvalue weighted by Gasteiger charge is 2.19. The summed E-state index contributed by atoms with van der Waals surface area (Å²) in [6.07, 6.45) is 5.34. The molecule has 1 N–H and O–H groups in total. The van der Waals surface area contributed by atoms with E-state index in [-0.39, 0.29) is 6.10 Å². The highest BCUT2D eigenvalue weighted by Crippen LogP contribution is 2.19. The average molecular weight is 233 g/mol. The fourth-order valence-corrected chi connectivity index (χ4v) is 1.93. The topological polar surface area (TPSA) is 21.3 Å². The van der Waals surface area contributed by atoms with Gasteiger partial charge in [0.05, 0.1) is 6.10 Å². The quantitative estimate of drug-likeness (QED) is 0.730. The zero-order valence-electron chi connectivity index (χ0n) is 10.9. The third-order valence-electron chi connectivity index (χ3n) is 2.92.